The number of carbonyl (C=O) groups excluding carboxylic acids is 1. The summed E-state index contributed by atoms with van der Waals surface area (Å²) in [5, 5.41) is 4.09. The highest BCUT2D eigenvalue weighted by Crippen LogP contribution is 2.42. The maximum Gasteiger partial charge on any atom is 0.307 e. The highest BCUT2D eigenvalue weighted by molar-refractivity contribution is 7.80. The second-order valence-corrected chi connectivity index (χ2v) is 9.44. The number of methoxy groups -OCH3 is 1. The smallest absolute Gasteiger partial charge is 0.307 e. The number of ether oxygens (including phenoxy) is 1. The van der Waals surface area contributed by atoms with E-state index in [0.717, 1.165) is 17.1 Å². The predicted molar refractivity (Wildman–Crippen MR) is 138 cm³/mol. The number of nitrogens with one attached hydrogen (secondary N) is 1. The van der Waals surface area contributed by atoms with Gasteiger partial charge in [-0.1, -0.05) is 23.8 Å². The standard InChI is InChI=1S/C27H32N4O2S/c1-16-13-17(2)25(18(3)14-16)31-19(4)15-21(20(31)5)26-24(22-9-7-8-11-28-22)29-27(34)30(26)12-10-23(32)33-6/h7-9,11,13-15,24,26H,10,12H2,1-6H3,(H,29,34)/t24-,26+/m1/s1. The lowest BCUT2D eigenvalue weighted by atomic mass is 9.96. The molecule has 2 atom stereocenters. The van der Waals surface area contributed by atoms with Crippen molar-refractivity contribution >= 4 is 23.3 Å². The molecule has 34 heavy (non-hydrogen) atoms. The Morgan fingerprint density at radius 2 is 1.82 bits per heavy atom. The SMILES string of the molecule is COC(=O)CCN1C(=S)N[C@H](c2ccccn2)[C@@H]1c1cc(C)n(-c2c(C)cc(C)cc2C)c1C. The van der Waals surface area contributed by atoms with E-state index in [1.807, 2.05) is 18.2 Å². The fourth-order valence-electron chi connectivity index (χ4n) is 5.25. The monoisotopic (exact) mass is 476 g/mol. The number of aryl methyl sites for hydroxylation is 4. The molecule has 7 heteroatoms. The first-order chi connectivity index (χ1) is 16.2. The van der Waals surface area contributed by atoms with Crippen molar-refractivity contribution in [3.63, 3.8) is 0 Å². The summed E-state index contributed by atoms with van der Waals surface area (Å²) < 4.78 is 7.23. The molecule has 1 aromatic carbocycles. The molecule has 1 N–H and O–H groups in total. The Labute approximate surface area is 207 Å². The number of hydrogen-bond acceptors (Lipinski definition) is 4. The molecule has 1 aliphatic heterocycles. The zero-order valence-corrected chi connectivity index (χ0v) is 21.5. The van der Waals surface area contributed by atoms with Crippen LogP contribution < -0.4 is 5.32 Å². The largest absolute Gasteiger partial charge is 0.469 e. The van der Waals surface area contributed by atoms with Gasteiger partial charge < -0.3 is 19.5 Å². The molecule has 4 rings (SSSR count). The van der Waals surface area contributed by atoms with Gasteiger partial charge in [-0.15, -0.1) is 0 Å². The van der Waals surface area contributed by atoms with Crippen molar-refractivity contribution in [3.8, 4) is 5.69 Å². The van der Waals surface area contributed by atoms with Gasteiger partial charge in [0.1, 0.15) is 0 Å². The molecule has 178 valence electrons. The van der Waals surface area contributed by atoms with E-state index in [0.29, 0.717) is 11.7 Å². The van der Waals surface area contributed by atoms with Crippen LogP contribution in [0.3, 0.4) is 0 Å². The van der Waals surface area contributed by atoms with Crippen molar-refractivity contribution in [1.82, 2.24) is 19.8 Å². The molecule has 6 nitrogen and oxygen atoms in total. The molecule has 1 fully saturated rings. The number of carbonyl (C=O) groups is 1. The molecule has 3 heterocycles. The molecule has 1 saturated heterocycles. The highest BCUT2D eigenvalue weighted by atomic mass is 32.1. The summed E-state index contributed by atoms with van der Waals surface area (Å²) in [5.74, 6) is -0.251. The third-order valence-corrected chi connectivity index (χ3v) is 6.98. The Morgan fingerprint density at radius 1 is 1.12 bits per heavy atom. The lowest BCUT2D eigenvalue weighted by Gasteiger charge is -2.28. The second kappa shape index (κ2) is 9.58. The van der Waals surface area contributed by atoms with Gasteiger partial charge in [0, 0.05) is 24.1 Å². The number of esters is 1. The summed E-state index contributed by atoms with van der Waals surface area (Å²) in [4.78, 5) is 18.7. The first-order valence-corrected chi connectivity index (χ1v) is 12.0. The van der Waals surface area contributed by atoms with Crippen LogP contribution in [0, 0.1) is 34.6 Å². The zero-order valence-electron chi connectivity index (χ0n) is 20.7. The highest BCUT2D eigenvalue weighted by Gasteiger charge is 2.41. The van der Waals surface area contributed by atoms with Crippen molar-refractivity contribution in [3.05, 3.63) is 81.9 Å². The molecule has 0 bridgehead atoms. The molecule has 0 radical (unpaired) electrons. The molecule has 0 saturated carbocycles. The van der Waals surface area contributed by atoms with E-state index in [-0.39, 0.29) is 24.5 Å². The summed E-state index contributed by atoms with van der Waals surface area (Å²) >= 11 is 5.74. The molecule has 0 spiro atoms. The lowest BCUT2D eigenvalue weighted by molar-refractivity contribution is -0.140. The van der Waals surface area contributed by atoms with Crippen LogP contribution in [-0.2, 0) is 9.53 Å². The fraction of sp³-hybridized carbons (Fsp3) is 0.370. The van der Waals surface area contributed by atoms with E-state index in [4.69, 9.17) is 17.0 Å². The Balaban J connectivity index is 1.84. The number of aromatic nitrogens is 2. The van der Waals surface area contributed by atoms with Gasteiger partial charge in [0.05, 0.1) is 37.0 Å². The van der Waals surface area contributed by atoms with E-state index >= 15 is 0 Å². The molecule has 0 amide bonds. The summed E-state index contributed by atoms with van der Waals surface area (Å²) in [6.45, 7) is 11.2. The van der Waals surface area contributed by atoms with E-state index in [2.05, 4.69) is 72.6 Å². The Hall–Kier alpha value is -3.19. The third-order valence-electron chi connectivity index (χ3n) is 6.63. The maximum atomic E-state index is 12.0. The van der Waals surface area contributed by atoms with E-state index in [9.17, 15) is 4.79 Å². The fourth-order valence-corrected chi connectivity index (χ4v) is 5.59. The van der Waals surface area contributed by atoms with Crippen LogP contribution in [0.1, 0.15) is 57.8 Å². The van der Waals surface area contributed by atoms with E-state index in [1.54, 1.807) is 6.20 Å². The van der Waals surface area contributed by atoms with Gasteiger partial charge in [0.25, 0.3) is 0 Å². The van der Waals surface area contributed by atoms with Gasteiger partial charge in [-0.2, -0.15) is 0 Å². The molecular formula is C27H32N4O2S. The van der Waals surface area contributed by atoms with Gasteiger partial charge in [-0.3, -0.25) is 9.78 Å². The number of rotatable bonds is 6. The number of hydrogen-bond donors (Lipinski definition) is 1. The first-order valence-electron chi connectivity index (χ1n) is 11.5. The molecular weight excluding hydrogens is 444 g/mol. The minimum absolute atomic E-state index is 0.0990. The van der Waals surface area contributed by atoms with Crippen LogP contribution >= 0.6 is 12.2 Å². The minimum Gasteiger partial charge on any atom is -0.469 e. The number of pyridine rings is 1. The summed E-state index contributed by atoms with van der Waals surface area (Å²) in [6.07, 6.45) is 2.06. The minimum atomic E-state index is -0.251. The van der Waals surface area contributed by atoms with Crippen LogP contribution in [0.25, 0.3) is 5.69 Å². The number of nitrogens with zero attached hydrogens (tertiary/aromatic N) is 3. The Morgan fingerprint density at radius 3 is 2.44 bits per heavy atom. The molecule has 2 aromatic heterocycles. The normalized spacial score (nSPS) is 17.7. The van der Waals surface area contributed by atoms with Crippen molar-refractivity contribution in [1.29, 1.82) is 0 Å². The lowest BCUT2D eigenvalue weighted by Crippen LogP contribution is -2.32. The summed E-state index contributed by atoms with van der Waals surface area (Å²) in [7, 11) is 1.41. The second-order valence-electron chi connectivity index (χ2n) is 9.06. The Bertz CT molecular complexity index is 1210. The zero-order chi connectivity index (χ0) is 24.6. The first kappa shape index (κ1) is 24.0. The van der Waals surface area contributed by atoms with Crippen LogP contribution in [0.15, 0.2) is 42.6 Å². The molecule has 0 unspecified atom stereocenters. The van der Waals surface area contributed by atoms with Gasteiger partial charge in [0.2, 0.25) is 0 Å². The number of benzene rings is 1. The average Bonchev–Trinajstić information content (AvgIpc) is 3.28. The van der Waals surface area contributed by atoms with E-state index in [1.165, 1.54) is 35.1 Å². The Kier molecular flexibility index (Phi) is 6.75. The maximum absolute atomic E-state index is 12.0. The van der Waals surface area contributed by atoms with Crippen LogP contribution in [0.5, 0.6) is 0 Å². The van der Waals surface area contributed by atoms with Crippen molar-refractivity contribution in [2.75, 3.05) is 13.7 Å². The van der Waals surface area contributed by atoms with Crippen LogP contribution in [0.2, 0.25) is 0 Å². The van der Waals surface area contributed by atoms with Crippen molar-refractivity contribution in [2.24, 2.45) is 0 Å². The third kappa shape index (κ3) is 4.32. The van der Waals surface area contributed by atoms with Crippen molar-refractivity contribution in [2.45, 2.75) is 53.1 Å². The summed E-state index contributed by atoms with van der Waals surface area (Å²) in [5.41, 5.74) is 9.38. The molecule has 0 aliphatic carbocycles. The number of thiocarbonyl (C=S) groups is 1. The quantitative estimate of drug-likeness (QED) is 0.401. The van der Waals surface area contributed by atoms with E-state index < -0.39 is 0 Å². The van der Waals surface area contributed by atoms with Crippen molar-refractivity contribution < 1.29 is 9.53 Å². The molecule has 1 aliphatic rings. The summed E-state index contributed by atoms with van der Waals surface area (Å²) in [6, 6.07) is 12.4. The van der Waals surface area contributed by atoms with Gasteiger partial charge in [-0.25, -0.2) is 0 Å². The van der Waals surface area contributed by atoms with Gasteiger partial charge in [-0.05, 0) is 81.7 Å². The van der Waals surface area contributed by atoms with Crippen LogP contribution in [-0.4, -0.2) is 39.2 Å². The topological polar surface area (TPSA) is 59.4 Å². The average molecular weight is 477 g/mol. The molecule has 3 aromatic rings. The van der Waals surface area contributed by atoms with Crippen LogP contribution in [0.4, 0.5) is 0 Å². The van der Waals surface area contributed by atoms with Gasteiger partial charge in [0.15, 0.2) is 5.11 Å². The predicted octanol–water partition coefficient (Wildman–Crippen LogP) is 4.95. The van der Waals surface area contributed by atoms with Gasteiger partial charge >= 0.3 is 5.97 Å².